The second-order valence-corrected chi connectivity index (χ2v) is 6.36. The summed E-state index contributed by atoms with van der Waals surface area (Å²) < 4.78 is 0. The lowest BCUT2D eigenvalue weighted by molar-refractivity contribution is 0.0946. The first-order chi connectivity index (χ1) is 11.9. The van der Waals surface area contributed by atoms with E-state index in [0.717, 1.165) is 29.9 Å². The number of para-hydroxylation sites is 1. The molecule has 0 radical (unpaired) electrons. The summed E-state index contributed by atoms with van der Waals surface area (Å²) in [5, 5.41) is 6.18. The molecule has 2 aromatic rings. The summed E-state index contributed by atoms with van der Waals surface area (Å²) in [6.45, 7) is 7.38. The third-order valence-electron chi connectivity index (χ3n) is 3.91. The SMILES string of the molecule is CCc1cccc(C)c1Nc1nc(C)cc(C(=O)NCCN(C)C)n1. The van der Waals surface area contributed by atoms with E-state index in [1.54, 1.807) is 6.07 Å². The van der Waals surface area contributed by atoms with Gasteiger partial charge in [0.05, 0.1) is 0 Å². The Labute approximate surface area is 149 Å². The van der Waals surface area contributed by atoms with Crippen LogP contribution in [0.4, 0.5) is 11.6 Å². The lowest BCUT2D eigenvalue weighted by Gasteiger charge is -2.14. The average Bonchev–Trinajstić information content (AvgIpc) is 2.55. The van der Waals surface area contributed by atoms with Gasteiger partial charge in [0, 0.05) is 24.5 Å². The number of amides is 1. The Balaban J connectivity index is 2.21. The molecule has 1 heterocycles. The zero-order valence-corrected chi connectivity index (χ0v) is 15.7. The van der Waals surface area contributed by atoms with Gasteiger partial charge in [0.25, 0.3) is 5.91 Å². The van der Waals surface area contributed by atoms with Crippen LogP contribution in [0.1, 0.15) is 34.2 Å². The van der Waals surface area contributed by atoms with Crippen LogP contribution in [0, 0.1) is 13.8 Å². The highest BCUT2D eigenvalue weighted by Crippen LogP contribution is 2.24. The molecule has 0 unspecified atom stereocenters. The number of hydrogen-bond acceptors (Lipinski definition) is 5. The van der Waals surface area contributed by atoms with Gasteiger partial charge in [0.1, 0.15) is 5.69 Å². The largest absolute Gasteiger partial charge is 0.349 e. The first-order valence-corrected chi connectivity index (χ1v) is 8.54. The standard InChI is InChI=1S/C19H27N5O/c1-6-15-9-7-8-13(2)17(15)23-19-21-14(3)12-16(22-19)18(25)20-10-11-24(4)5/h7-9,12H,6,10-11H2,1-5H3,(H,20,25)(H,21,22,23). The van der Waals surface area contributed by atoms with Gasteiger partial charge < -0.3 is 15.5 Å². The minimum absolute atomic E-state index is 0.184. The summed E-state index contributed by atoms with van der Waals surface area (Å²) in [4.78, 5) is 23.2. The van der Waals surface area contributed by atoms with Crippen LogP contribution in [-0.2, 0) is 6.42 Å². The number of aromatic nitrogens is 2. The zero-order chi connectivity index (χ0) is 18.4. The van der Waals surface area contributed by atoms with Crippen molar-refractivity contribution < 1.29 is 4.79 Å². The molecule has 1 aromatic carbocycles. The highest BCUT2D eigenvalue weighted by atomic mass is 16.1. The second-order valence-electron chi connectivity index (χ2n) is 6.36. The van der Waals surface area contributed by atoms with Gasteiger partial charge >= 0.3 is 0 Å². The molecular weight excluding hydrogens is 314 g/mol. The summed E-state index contributed by atoms with van der Waals surface area (Å²) in [7, 11) is 3.94. The fraction of sp³-hybridized carbons (Fsp3) is 0.421. The van der Waals surface area contributed by atoms with Crippen LogP contribution < -0.4 is 10.6 Å². The fourth-order valence-electron chi connectivity index (χ4n) is 2.54. The van der Waals surface area contributed by atoms with E-state index in [-0.39, 0.29) is 5.91 Å². The first kappa shape index (κ1) is 18.9. The van der Waals surface area contributed by atoms with E-state index in [1.807, 2.05) is 45.0 Å². The molecule has 25 heavy (non-hydrogen) atoms. The molecule has 0 aliphatic rings. The third kappa shape index (κ3) is 5.26. The predicted octanol–water partition coefficient (Wildman–Crippen LogP) is 2.69. The van der Waals surface area contributed by atoms with Crippen molar-refractivity contribution >= 4 is 17.5 Å². The lowest BCUT2D eigenvalue weighted by atomic mass is 10.1. The van der Waals surface area contributed by atoms with Gasteiger partial charge in [-0.05, 0) is 51.6 Å². The molecule has 0 fully saturated rings. The van der Waals surface area contributed by atoms with Crippen molar-refractivity contribution in [2.75, 3.05) is 32.5 Å². The van der Waals surface area contributed by atoms with Crippen LogP contribution >= 0.6 is 0 Å². The first-order valence-electron chi connectivity index (χ1n) is 8.54. The Morgan fingerprint density at radius 2 is 1.96 bits per heavy atom. The van der Waals surface area contributed by atoms with Crippen molar-refractivity contribution in [1.82, 2.24) is 20.2 Å². The normalized spacial score (nSPS) is 10.8. The van der Waals surface area contributed by atoms with Crippen LogP contribution in [-0.4, -0.2) is 48.0 Å². The monoisotopic (exact) mass is 341 g/mol. The van der Waals surface area contributed by atoms with Crippen molar-refractivity contribution in [3.8, 4) is 0 Å². The van der Waals surface area contributed by atoms with Crippen LogP contribution in [0.5, 0.6) is 0 Å². The van der Waals surface area contributed by atoms with Gasteiger partial charge in [-0.1, -0.05) is 25.1 Å². The predicted molar refractivity (Wildman–Crippen MR) is 101 cm³/mol. The maximum Gasteiger partial charge on any atom is 0.270 e. The molecule has 2 N–H and O–H groups in total. The minimum Gasteiger partial charge on any atom is -0.349 e. The van der Waals surface area contributed by atoms with E-state index in [4.69, 9.17) is 0 Å². The second kappa shape index (κ2) is 8.58. The van der Waals surface area contributed by atoms with Gasteiger partial charge in [-0.3, -0.25) is 4.79 Å². The maximum atomic E-state index is 12.3. The average molecular weight is 341 g/mol. The van der Waals surface area contributed by atoms with E-state index in [2.05, 4.69) is 33.6 Å². The molecule has 0 aliphatic carbocycles. The van der Waals surface area contributed by atoms with E-state index >= 15 is 0 Å². The lowest BCUT2D eigenvalue weighted by Crippen LogP contribution is -2.32. The summed E-state index contributed by atoms with van der Waals surface area (Å²) in [6.07, 6.45) is 0.910. The molecule has 6 heteroatoms. The van der Waals surface area contributed by atoms with Crippen molar-refractivity contribution in [2.24, 2.45) is 0 Å². The smallest absolute Gasteiger partial charge is 0.270 e. The van der Waals surface area contributed by atoms with Gasteiger partial charge in [0.15, 0.2) is 0 Å². The third-order valence-corrected chi connectivity index (χ3v) is 3.91. The Morgan fingerprint density at radius 1 is 1.20 bits per heavy atom. The Morgan fingerprint density at radius 3 is 2.64 bits per heavy atom. The number of nitrogens with one attached hydrogen (secondary N) is 2. The van der Waals surface area contributed by atoms with Crippen molar-refractivity contribution in [3.63, 3.8) is 0 Å². The highest BCUT2D eigenvalue weighted by Gasteiger charge is 2.12. The molecule has 0 spiro atoms. The van der Waals surface area contributed by atoms with Crippen molar-refractivity contribution in [2.45, 2.75) is 27.2 Å². The summed E-state index contributed by atoms with van der Waals surface area (Å²) in [6, 6.07) is 7.88. The van der Waals surface area contributed by atoms with E-state index in [9.17, 15) is 4.79 Å². The summed E-state index contributed by atoms with van der Waals surface area (Å²) in [5.74, 6) is 0.262. The van der Waals surface area contributed by atoms with Gasteiger partial charge in [-0.25, -0.2) is 9.97 Å². The fourth-order valence-corrected chi connectivity index (χ4v) is 2.54. The zero-order valence-electron chi connectivity index (χ0n) is 15.7. The van der Waals surface area contributed by atoms with Gasteiger partial charge in [0.2, 0.25) is 5.95 Å². The van der Waals surface area contributed by atoms with Crippen LogP contribution in [0.25, 0.3) is 0 Å². The topological polar surface area (TPSA) is 70.2 Å². The van der Waals surface area contributed by atoms with Crippen LogP contribution in [0.3, 0.4) is 0 Å². The quantitative estimate of drug-likeness (QED) is 0.810. The number of hydrogen-bond donors (Lipinski definition) is 2. The number of aryl methyl sites for hydroxylation is 3. The van der Waals surface area contributed by atoms with Crippen molar-refractivity contribution in [3.05, 3.63) is 46.8 Å². The van der Waals surface area contributed by atoms with E-state index in [1.165, 1.54) is 5.56 Å². The van der Waals surface area contributed by atoms with E-state index in [0.29, 0.717) is 18.2 Å². The molecule has 0 saturated carbocycles. The molecule has 6 nitrogen and oxygen atoms in total. The van der Waals surface area contributed by atoms with Crippen LogP contribution in [0.2, 0.25) is 0 Å². The molecular formula is C19H27N5O. The van der Waals surface area contributed by atoms with E-state index < -0.39 is 0 Å². The Bertz CT molecular complexity index is 743. The number of likely N-dealkylation sites (N-methyl/N-ethyl adjacent to an activating group) is 1. The Kier molecular flexibility index (Phi) is 6.47. The Hall–Kier alpha value is -2.47. The maximum absolute atomic E-state index is 12.3. The number of carbonyl (C=O) groups is 1. The number of rotatable bonds is 7. The van der Waals surface area contributed by atoms with Gasteiger partial charge in [-0.15, -0.1) is 0 Å². The number of benzene rings is 1. The number of carbonyl (C=O) groups excluding carboxylic acids is 1. The molecule has 1 aromatic heterocycles. The van der Waals surface area contributed by atoms with Crippen LogP contribution in [0.15, 0.2) is 24.3 Å². The molecule has 0 aliphatic heterocycles. The number of anilines is 2. The molecule has 134 valence electrons. The summed E-state index contributed by atoms with van der Waals surface area (Å²) in [5.41, 5.74) is 4.46. The molecule has 2 rings (SSSR count). The molecule has 1 amide bonds. The minimum atomic E-state index is -0.184. The summed E-state index contributed by atoms with van der Waals surface area (Å²) >= 11 is 0. The molecule has 0 saturated heterocycles. The highest BCUT2D eigenvalue weighted by molar-refractivity contribution is 5.92. The van der Waals surface area contributed by atoms with Gasteiger partial charge in [-0.2, -0.15) is 0 Å². The molecule has 0 atom stereocenters. The molecule has 0 bridgehead atoms. The van der Waals surface area contributed by atoms with Crippen molar-refractivity contribution in [1.29, 1.82) is 0 Å². The number of nitrogens with zero attached hydrogens (tertiary/aromatic N) is 3.